The first-order chi connectivity index (χ1) is 13.6. The molecule has 3 aliphatic heterocycles. The van der Waals surface area contributed by atoms with Crippen molar-refractivity contribution in [2.45, 2.75) is 51.2 Å². The van der Waals surface area contributed by atoms with Crippen LogP contribution in [-0.4, -0.2) is 60.6 Å². The Morgan fingerprint density at radius 3 is 2.68 bits per heavy atom. The second kappa shape index (κ2) is 8.52. The largest absolute Gasteiger partial charge is 0.376 e. The number of benzene rings is 1. The van der Waals surface area contributed by atoms with Crippen LogP contribution in [0.1, 0.15) is 44.1 Å². The third-order valence-electron chi connectivity index (χ3n) is 6.59. The van der Waals surface area contributed by atoms with E-state index in [0.29, 0.717) is 13.0 Å². The summed E-state index contributed by atoms with van der Waals surface area (Å²) >= 11 is 0. The molecular weight excluding hydrogens is 354 g/mol. The van der Waals surface area contributed by atoms with Gasteiger partial charge in [0.05, 0.1) is 6.10 Å². The van der Waals surface area contributed by atoms with Crippen LogP contribution in [0.2, 0.25) is 0 Å². The number of amides is 3. The van der Waals surface area contributed by atoms with Crippen LogP contribution in [0.4, 0.5) is 4.79 Å². The molecular formula is C22H31N3O3. The summed E-state index contributed by atoms with van der Waals surface area (Å²) in [4.78, 5) is 28.9. The van der Waals surface area contributed by atoms with Crippen LogP contribution in [-0.2, 0) is 16.1 Å². The van der Waals surface area contributed by atoms with Crippen molar-refractivity contribution in [1.82, 2.24) is 15.1 Å². The fraction of sp³-hybridized carbons (Fsp3) is 0.636. The third kappa shape index (κ3) is 4.49. The maximum absolute atomic E-state index is 12.5. The van der Waals surface area contributed by atoms with Gasteiger partial charge in [0.15, 0.2) is 0 Å². The summed E-state index contributed by atoms with van der Waals surface area (Å²) < 4.78 is 5.74. The quantitative estimate of drug-likeness (QED) is 0.867. The summed E-state index contributed by atoms with van der Waals surface area (Å²) in [6, 6.07) is 10.0. The maximum atomic E-state index is 12.5. The molecule has 6 heteroatoms. The number of hydrogen-bond acceptors (Lipinski definition) is 3. The van der Waals surface area contributed by atoms with E-state index in [2.05, 4.69) is 5.32 Å². The highest BCUT2D eigenvalue weighted by Crippen LogP contribution is 2.40. The van der Waals surface area contributed by atoms with Crippen molar-refractivity contribution in [3.05, 3.63) is 35.9 Å². The molecule has 0 aromatic heterocycles. The molecule has 0 saturated carbocycles. The normalized spacial score (nSPS) is 24.6. The number of nitrogens with one attached hydrogen (secondary N) is 1. The minimum Gasteiger partial charge on any atom is -0.376 e. The molecule has 0 unspecified atom stereocenters. The number of nitrogens with zero attached hydrogens (tertiary/aromatic N) is 2. The van der Waals surface area contributed by atoms with E-state index < -0.39 is 0 Å². The Hall–Kier alpha value is -2.08. The van der Waals surface area contributed by atoms with Crippen molar-refractivity contribution in [3.63, 3.8) is 0 Å². The molecule has 1 aromatic carbocycles. The number of hydrogen-bond donors (Lipinski definition) is 1. The summed E-state index contributed by atoms with van der Waals surface area (Å²) in [7, 11) is 0. The Morgan fingerprint density at radius 1 is 1.18 bits per heavy atom. The van der Waals surface area contributed by atoms with Crippen molar-refractivity contribution in [2.75, 3.05) is 32.8 Å². The second-order valence-corrected chi connectivity index (χ2v) is 8.54. The van der Waals surface area contributed by atoms with Gasteiger partial charge in [-0.15, -0.1) is 0 Å². The Kier molecular flexibility index (Phi) is 5.85. The van der Waals surface area contributed by atoms with E-state index in [1.165, 1.54) is 0 Å². The van der Waals surface area contributed by atoms with Gasteiger partial charge in [-0.1, -0.05) is 30.3 Å². The Morgan fingerprint density at radius 2 is 1.96 bits per heavy atom. The summed E-state index contributed by atoms with van der Waals surface area (Å²) in [5.74, 6) is 0.268. The van der Waals surface area contributed by atoms with E-state index in [1.54, 1.807) is 0 Å². The zero-order chi connectivity index (χ0) is 19.4. The number of carbonyl (C=O) groups is 2. The molecule has 3 fully saturated rings. The van der Waals surface area contributed by atoms with Crippen molar-refractivity contribution in [3.8, 4) is 0 Å². The van der Waals surface area contributed by atoms with Gasteiger partial charge in [0.25, 0.3) is 0 Å². The van der Waals surface area contributed by atoms with E-state index in [-0.39, 0.29) is 23.5 Å². The first-order valence-corrected chi connectivity index (χ1v) is 10.6. The zero-order valence-electron chi connectivity index (χ0n) is 16.6. The number of ether oxygens (including phenoxy) is 1. The molecule has 4 rings (SSSR count). The van der Waals surface area contributed by atoms with Gasteiger partial charge in [-0.25, -0.2) is 4.79 Å². The summed E-state index contributed by atoms with van der Waals surface area (Å²) in [6.07, 6.45) is 5.90. The lowest BCUT2D eigenvalue weighted by Crippen LogP contribution is -2.54. The Balaban J connectivity index is 1.27. The van der Waals surface area contributed by atoms with Crippen LogP contribution in [0.25, 0.3) is 0 Å². The lowest BCUT2D eigenvalue weighted by molar-refractivity contribution is -0.140. The van der Waals surface area contributed by atoms with E-state index >= 15 is 0 Å². The van der Waals surface area contributed by atoms with Crippen molar-refractivity contribution >= 4 is 11.9 Å². The van der Waals surface area contributed by atoms with Crippen LogP contribution in [0, 0.1) is 5.41 Å². The minimum atomic E-state index is 0.0156. The van der Waals surface area contributed by atoms with Crippen LogP contribution in [0.3, 0.4) is 0 Å². The van der Waals surface area contributed by atoms with Gasteiger partial charge in [0.1, 0.15) is 0 Å². The van der Waals surface area contributed by atoms with E-state index in [4.69, 9.17) is 4.74 Å². The molecule has 1 N–H and O–H groups in total. The molecule has 1 aromatic rings. The summed E-state index contributed by atoms with van der Waals surface area (Å²) in [5, 5.41) is 3.03. The monoisotopic (exact) mass is 385 g/mol. The molecule has 0 radical (unpaired) electrons. The molecule has 152 valence electrons. The van der Waals surface area contributed by atoms with Gasteiger partial charge in [0.2, 0.25) is 5.91 Å². The molecule has 3 amide bonds. The van der Waals surface area contributed by atoms with Gasteiger partial charge in [-0.2, -0.15) is 0 Å². The molecule has 1 atom stereocenters. The molecule has 3 aliphatic rings. The topological polar surface area (TPSA) is 61.9 Å². The van der Waals surface area contributed by atoms with Gasteiger partial charge >= 0.3 is 6.03 Å². The number of likely N-dealkylation sites (tertiary alicyclic amines) is 2. The lowest BCUT2D eigenvalue weighted by atomic mass is 9.72. The predicted octanol–water partition coefficient (Wildman–Crippen LogP) is 2.78. The maximum Gasteiger partial charge on any atom is 0.317 e. The van der Waals surface area contributed by atoms with Crippen LogP contribution >= 0.6 is 0 Å². The van der Waals surface area contributed by atoms with Gasteiger partial charge < -0.3 is 19.9 Å². The fourth-order valence-electron chi connectivity index (χ4n) is 4.78. The number of carbonyl (C=O) groups excluding carboxylic acids is 2. The van der Waals surface area contributed by atoms with E-state index in [1.807, 2.05) is 40.1 Å². The van der Waals surface area contributed by atoms with Crippen LogP contribution < -0.4 is 5.32 Å². The Bertz CT molecular complexity index is 680. The molecule has 0 bridgehead atoms. The van der Waals surface area contributed by atoms with Crippen LogP contribution in [0.15, 0.2) is 30.3 Å². The molecule has 6 nitrogen and oxygen atoms in total. The minimum absolute atomic E-state index is 0.0156. The fourth-order valence-corrected chi connectivity index (χ4v) is 4.78. The summed E-state index contributed by atoms with van der Waals surface area (Å²) in [5.41, 5.74) is 1.28. The number of urea groups is 1. The van der Waals surface area contributed by atoms with Crippen LogP contribution in [0.5, 0.6) is 0 Å². The molecule has 0 aliphatic carbocycles. The lowest BCUT2D eigenvalue weighted by Gasteiger charge is -2.47. The molecule has 1 spiro atoms. The van der Waals surface area contributed by atoms with E-state index in [9.17, 15) is 9.59 Å². The van der Waals surface area contributed by atoms with Crippen molar-refractivity contribution in [2.24, 2.45) is 5.41 Å². The first-order valence-electron chi connectivity index (χ1n) is 10.6. The molecule has 3 saturated heterocycles. The van der Waals surface area contributed by atoms with Gasteiger partial charge in [-0.3, -0.25) is 4.79 Å². The van der Waals surface area contributed by atoms with Gasteiger partial charge in [0, 0.05) is 45.8 Å². The van der Waals surface area contributed by atoms with Gasteiger partial charge in [-0.05, 0) is 43.1 Å². The van der Waals surface area contributed by atoms with Crippen molar-refractivity contribution < 1.29 is 14.3 Å². The summed E-state index contributed by atoms with van der Waals surface area (Å²) in [6.45, 7) is 4.48. The first kappa shape index (κ1) is 19.2. The molecule has 28 heavy (non-hydrogen) atoms. The smallest absolute Gasteiger partial charge is 0.317 e. The standard InChI is InChI=1S/C22H31N3O3/c26-20-8-9-22(17-25(20)16-19-7-4-14-28-19)10-12-24(13-11-22)21(27)23-15-18-5-2-1-3-6-18/h1-3,5-6,19H,4,7-17H2,(H,23,27)/t19-/m0/s1. The third-order valence-corrected chi connectivity index (χ3v) is 6.59. The average molecular weight is 386 g/mol. The second-order valence-electron chi connectivity index (χ2n) is 8.54. The number of piperidine rings is 2. The highest BCUT2D eigenvalue weighted by atomic mass is 16.5. The SMILES string of the molecule is O=C1CCC2(CCN(C(=O)NCc3ccccc3)CC2)CN1C[C@@H]1CCCO1. The zero-order valence-corrected chi connectivity index (χ0v) is 16.6. The average Bonchev–Trinajstić information content (AvgIpc) is 3.24. The Labute approximate surface area is 167 Å². The highest BCUT2D eigenvalue weighted by Gasteiger charge is 2.42. The van der Waals surface area contributed by atoms with Crippen molar-refractivity contribution in [1.29, 1.82) is 0 Å². The predicted molar refractivity (Wildman–Crippen MR) is 107 cm³/mol. The van der Waals surface area contributed by atoms with E-state index in [0.717, 1.165) is 70.5 Å². The number of rotatable bonds is 4. The molecule has 3 heterocycles. The highest BCUT2D eigenvalue weighted by molar-refractivity contribution is 5.77.